The van der Waals surface area contributed by atoms with Crippen molar-refractivity contribution < 1.29 is 19.1 Å². The molecule has 0 spiro atoms. The molecule has 0 aliphatic heterocycles. The average Bonchev–Trinajstić information content (AvgIpc) is 2.79. The van der Waals surface area contributed by atoms with Gasteiger partial charge in [-0.3, -0.25) is 9.59 Å². The maximum absolute atomic E-state index is 12.3. The molecular weight excluding hydrogens is 258 g/mol. The van der Waals surface area contributed by atoms with Crippen LogP contribution in [0.5, 0.6) is 5.75 Å². The first kappa shape index (κ1) is 14.1. The Morgan fingerprint density at radius 2 is 1.95 bits per heavy atom. The molecule has 0 radical (unpaired) electrons. The Morgan fingerprint density at radius 1 is 1.20 bits per heavy atom. The second-order valence-electron chi connectivity index (χ2n) is 4.54. The minimum absolute atomic E-state index is 0.0765. The Labute approximate surface area is 116 Å². The number of ether oxygens (including phenoxy) is 2. The zero-order chi connectivity index (χ0) is 14.7. The molecule has 0 amide bonds. The van der Waals surface area contributed by atoms with Gasteiger partial charge >= 0.3 is 5.97 Å². The highest BCUT2D eigenvalue weighted by Crippen LogP contribution is 2.27. The number of aryl methyl sites for hydroxylation is 1. The van der Waals surface area contributed by atoms with E-state index in [4.69, 9.17) is 4.74 Å². The smallest absolute Gasteiger partial charge is 0.305 e. The van der Waals surface area contributed by atoms with Crippen molar-refractivity contribution in [2.45, 2.75) is 19.8 Å². The van der Waals surface area contributed by atoms with Gasteiger partial charge in [-0.15, -0.1) is 0 Å². The van der Waals surface area contributed by atoms with Crippen LogP contribution in [0.2, 0.25) is 0 Å². The third-order valence-corrected chi connectivity index (χ3v) is 3.26. The molecule has 0 aliphatic rings. The van der Waals surface area contributed by atoms with E-state index in [-0.39, 0.29) is 24.6 Å². The van der Waals surface area contributed by atoms with Gasteiger partial charge in [0.15, 0.2) is 5.78 Å². The minimum atomic E-state index is -0.381. The summed E-state index contributed by atoms with van der Waals surface area (Å²) in [4.78, 5) is 26.6. The molecule has 106 valence electrons. The summed E-state index contributed by atoms with van der Waals surface area (Å²) in [6.07, 6.45) is 0.225. The fourth-order valence-corrected chi connectivity index (χ4v) is 2.23. The molecule has 0 fully saturated rings. The van der Waals surface area contributed by atoms with Gasteiger partial charge in [-0.1, -0.05) is 0 Å². The highest BCUT2D eigenvalue weighted by atomic mass is 16.5. The second-order valence-corrected chi connectivity index (χ2v) is 4.54. The molecule has 1 aromatic heterocycles. The van der Waals surface area contributed by atoms with E-state index >= 15 is 0 Å². The number of esters is 1. The van der Waals surface area contributed by atoms with Gasteiger partial charge in [0.05, 0.1) is 20.6 Å². The lowest BCUT2D eigenvalue weighted by molar-refractivity contribution is -0.140. The van der Waals surface area contributed by atoms with Gasteiger partial charge in [0, 0.05) is 28.6 Å². The summed E-state index contributed by atoms with van der Waals surface area (Å²) in [5, 5.41) is 0.816. The number of benzene rings is 1. The summed E-state index contributed by atoms with van der Waals surface area (Å²) in [6, 6.07) is 5.53. The summed E-state index contributed by atoms with van der Waals surface area (Å²) in [7, 11) is 2.90. The SMILES string of the molecule is COC(=O)CCC(=O)c1c(C)[nH]c2ccc(OC)cc12. The molecule has 0 bridgehead atoms. The zero-order valence-corrected chi connectivity index (χ0v) is 11.8. The Hall–Kier alpha value is -2.30. The molecular formula is C15H17NO4. The van der Waals surface area contributed by atoms with Crippen LogP contribution in [-0.2, 0) is 9.53 Å². The molecule has 20 heavy (non-hydrogen) atoms. The van der Waals surface area contributed by atoms with Crippen LogP contribution in [0.1, 0.15) is 28.9 Å². The van der Waals surface area contributed by atoms with Crippen LogP contribution in [0, 0.1) is 6.92 Å². The van der Waals surface area contributed by atoms with Crippen molar-refractivity contribution in [2.75, 3.05) is 14.2 Å². The number of H-pyrrole nitrogens is 1. The monoisotopic (exact) mass is 275 g/mol. The van der Waals surface area contributed by atoms with Crippen molar-refractivity contribution >= 4 is 22.7 Å². The number of methoxy groups -OCH3 is 2. The molecule has 0 unspecified atom stereocenters. The van der Waals surface area contributed by atoms with E-state index in [0.717, 1.165) is 16.6 Å². The number of carbonyl (C=O) groups excluding carboxylic acids is 2. The number of nitrogens with one attached hydrogen (secondary N) is 1. The molecule has 1 heterocycles. The van der Waals surface area contributed by atoms with Gasteiger partial charge in [0.1, 0.15) is 5.75 Å². The topological polar surface area (TPSA) is 68.4 Å². The van der Waals surface area contributed by atoms with E-state index in [0.29, 0.717) is 11.3 Å². The van der Waals surface area contributed by atoms with Gasteiger partial charge in [0.25, 0.3) is 0 Å². The molecule has 0 saturated heterocycles. The number of hydrogen-bond acceptors (Lipinski definition) is 4. The number of carbonyl (C=O) groups is 2. The predicted molar refractivity (Wildman–Crippen MR) is 75.2 cm³/mol. The predicted octanol–water partition coefficient (Wildman–Crippen LogP) is 2.62. The average molecular weight is 275 g/mol. The summed E-state index contributed by atoms with van der Waals surface area (Å²) in [5.74, 6) is 0.236. The first-order valence-corrected chi connectivity index (χ1v) is 6.33. The van der Waals surface area contributed by atoms with Crippen molar-refractivity contribution in [1.82, 2.24) is 4.98 Å². The fraction of sp³-hybridized carbons (Fsp3) is 0.333. The van der Waals surface area contributed by atoms with E-state index in [9.17, 15) is 9.59 Å². The van der Waals surface area contributed by atoms with E-state index < -0.39 is 0 Å². The van der Waals surface area contributed by atoms with Gasteiger partial charge < -0.3 is 14.5 Å². The van der Waals surface area contributed by atoms with Gasteiger partial charge in [-0.25, -0.2) is 0 Å². The number of fused-ring (bicyclic) bond motifs is 1. The molecule has 5 heteroatoms. The lowest BCUT2D eigenvalue weighted by Crippen LogP contribution is -2.06. The highest BCUT2D eigenvalue weighted by Gasteiger charge is 2.17. The Kier molecular flexibility index (Phi) is 4.08. The number of aromatic amines is 1. The van der Waals surface area contributed by atoms with Crippen LogP contribution < -0.4 is 4.74 Å². The molecule has 5 nitrogen and oxygen atoms in total. The first-order valence-electron chi connectivity index (χ1n) is 6.33. The molecule has 1 N–H and O–H groups in total. The van der Waals surface area contributed by atoms with Gasteiger partial charge in [-0.2, -0.15) is 0 Å². The Morgan fingerprint density at radius 3 is 2.60 bits per heavy atom. The molecule has 2 rings (SSSR count). The second kappa shape index (κ2) is 5.77. The van der Waals surface area contributed by atoms with Crippen molar-refractivity contribution in [3.8, 4) is 5.75 Å². The van der Waals surface area contributed by atoms with Crippen molar-refractivity contribution in [3.63, 3.8) is 0 Å². The molecule has 0 atom stereocenters. The summed E-state index contributed by atoms with van der Waals surface area (Å²) < 4.78 is 9.74. The van der Waals surface area contributed by atoms with Crippen LogP contribution in [0.3, 0.4) is 0 Å². The summed E-state index contributed by atoms with van der Waals surface area (Å²) >= 11 is 0. The van der Waals surface area contributed by atoms with Crippen molar-refractivity contribution in [3.05, 3.63) is 29.5 Å². The molecule has 0 aliphatic carbocycles. The highest BCUT2D eigenvalue weighted by molar-refractivity contribution is 6.10. The Bertz CT molecular complexity index is 657. The van der Waals surface area contributed by atoms with E-state index in [2.05, 4.69) is 9.72 Å². The van der Waals surface area contributed by atoms with Crippen LogP contribution in [0.15, 0.2) is 18.2 Å². The number of ketones is 1. The zero-order valence-electron chi connectivity index (χ0n) is 11.8. The van der Waals surface area contributed by atoms with E-state index in [1.807, 2.05) is 25.1 Å². The first-order chi connectivity index (χ1) is 9.56. The minimum Gasteiger partial charge on any atom is -0.497 e. The van der Waals surface area contributed by atoms with Crippen molar-refractivity contribution in [1.29, 1.82) is 0 Å². The molecule has 0 saturated carbocycles. The molecule has 1 aromatic carbocycles. The standard InChI is InChI=1S/C15H17NO4/c1-9-15(13(17)6-7-14(18)20-3)11-8-10(19-2)4-5-12(11)16-9/h4-5,8,16H,6-7H2,1-3H3. The molecule has 2 aromatic rings. The quantitative estimate of drug-likeness (QED) is 0.672. The number of Topliss-reactive ketones (excluding diaryl/α,β-unsaturated/α-hetero) is 1. The van der Waals surface area contributed by atoms with Crippen LogP contribution in [-0.4, -0.2) is 31.0 Å². The van der Waals surface area contributed by atoms with Gasteiger partial charge in [-0.05, 0) is 25.1 Å². The van der Waals surface area contributed by atoms with E-state index in [1.165, 1.54) is 7.11 Å². The third-order valence-electron chi connectivity index (χ3n) is 3.26. The third kappa shape index (κ3) is 2.66. The summed E-state index contributed by atoms with van der Waals surface area (Å²) in [6.45, 7) is 1.85. The normalized spacial score (nSPS) is 10.6. The van der Waals surface area contributed by atoms with Crippen LogP contribution in [0.4, 0.5) is 0 Å². The maximum atomic E-state index is 12.3. The number of aromatic nitrogens is 1. The Balaban J connectivity index is 2.34. The lowest BCUT2D eigenvalue weighted by Gasteiger charge is -2.02. The lowest BCUT2D eigenvalue weighted by atomic mass is 10.0. The summed E-state index contributed by atoms with van der Waals surface area (Å²) in [5.41, 5.74) is 2.29. The maximum Gasteiger partial charge on any atom is 0.305 e. The number of hydrogen-bond donors (Lipinski definition) is 1. The van der Waals surface area contributed by atoms with E-state index in [1.54, 1.807) is 7.11 Å². The van der Waals surface area contributed by atoms with Crippen molar-refractivity contribution in [2.24, 2.45) is 0 Å². The fourth-order valence-electron chi connectivity index (χ4n) is 2.23. The largest absolute Gasteiger partial charge is 0.497 e. The van der Waals surface area contributed by atoms with Crippen LogP contribution >= 0.6 is 0 Å². The number of rotatable bonds is 5. The van der Waals surface area contributed by atoms with Crippen LogP contribution in [0.25, 0.3) is 10.9 Å². The van der Waals surface area contributed by atoms with Gasteiger partial charge in [0.2, 0.25) is 0 Å².